The normalized spacial score (nSPS) is 15.3. The Morgan fingerprint density at radius 3 is 2.32 bits per heavy atom. The monoisotopic (exact) mass is 558 g/mol. The fourth-order valence-electron chi connectivity index (χ4n) is 3.35. The van der Waals surface area contributed by atoms with Gasteiger partial charge in [0.05, 0.1) is 5.75 Å². The van der Waals surface area contributed by atoms with E-state index < -0.39 is 10.0 Å². The van der Waals surface area contributed by atoms with Crippen molar-refractivity contribution in [1.29, 1.82) is 0 Å². The second-order valence-corrected chi connectivity index (χ2v) is 9.14. The van der Waals surface area contributed by atoms with E-state index in [1.165, 1.54) is 5.56 Å². The highest BCUT2D eigenvalue weighted by molar-refractivity contribution is 14.0. The van der Waals surface area contributed by atoms with Gasteiger partial charge in [0, 0.05) is 52.5 Å². The number of piperazine rings is 1. The molecule has 0 unspecified atom stereocenters. The van der Waals surface area contributed by atoms with Gasteiger partial charge in [0.15, 0.2) is 5.96 Å². The first-order chi connectivity index (χ1) is 14.6. The van der Waals surface area contributed by atoms with E-state index in [2.05, 4.69) is 37.6 Å². The Morgan fingerprint density at radius 1 is 1.00 bits per heavy atom. The highest BCUT2D eigenvalue weighted by Gasteiger charge is 2.27. The number of nitrogens with one attached hydrogen (secondary N) is 2. The molecule has 0 aliphatic carbocycles. The van der Waals surface area contributed by atoms with E-state index in [4.69, 9.17) is 0 Å². The lowest BCUT2D eigenvalue weighted by molar-refractivity contribution is 0.384. The summed E-state index contributed by atoms with van der Waals surface area (Å²) in [4.78, 5) is 10.6. The molecule has 1 saturated heterocycles. The molecule has 0 bridgehead atoms. The number of rotatable bonds is 8. The number of hydrogen-bond acceptors (Lipinski definition) is 5. The number of benzene rings is 1. The molecule has 2 heterocycles. The molecule has 8 nitrogen and oxygen atoms in total. The number of nitrogens with zero attached hydrogens (tertiary/aromatic N) is 4. The molecule has 3 rings (SSSR count). The summed E-state index contributed by atoms with van der Waals surface area (Å²) in [6.07, 6.45) is 2.63. The molecule has 10 heteroatoms. The number of halogens is 1. The number of guanidine groups is 1. The van der Waals surface area contributed by atoms with E-state index in [1.807, 2.05) is 36.4 Å². The minimum absolute atomic E-state index is 0. The third-order valence-corrected chi connectivity index (χ3v) is 6.90. The van der Waals surface area contributed by atoms with Crippen LogP contribution in [0.5, 0.6) is 0 Å². The molecule has 2 N–H and O–H groups in total. The zero-order valence-electron chi connectivity index (χ0n) is 17.8. The second kappa shape index (κ2) is 12.8. The topological polar surface area (TPSA) is 89.9 Å². The van der Waals surface area contributed by atoms with Crippen LogP contribution in [0.15, 0.2) is 59.7 Å². The Bertz CT molecular complexity index is 904. The summed E-state index contributed by atoms with van der Waals surface area (Å²) in [5, 5.41) is 6.32. The van der Waals surface area contributed by atoms with E-state index in [0.29, 0.717) is 38.7 Å². The van der Waals surface area contributed by atoms with Crippen molar-refractivity contribution in [2.75, 3.05) is 57.0 Å². The maximum atomic E-state index is 12.7. The molecule has 1 aromatic carbocycles. The molecule has 1 aliphatic rings. The van der Waals surface area contributed by atoms with E-state index in [9.17, 15) is 8.42 Å². The highest BCUT2D eigenvalue weighted by Crippen LogP contribution is 2.14. The summed E-state index contributed by atoms with van der Waals surface area (Å²) in [5.41, 5.74) is 1.24. The van der Waals surface area contributed by atoms with Gasteiger partial charge in [-0.3, -0.25) is 4.99 Å². The Morgan fingerprint density at radius 2 is 1.68 bits per heavy atom. The van der Waals surface area contributed by atoms with Crippen LogP contribution in [-0.4, -0.2) is 75.7 Å². The van der Waals surface area contributed by atoms with E-state index >= 15 is 0 Å². The number of hydrogen-bond donors (Lipinski definition) is 2. The molecule has 2 aromatic rings. The van der Waals surface area contributed by atoms with Crippen LogP contribution >= 0.6 is 24.0 Å². The van der Waals surface area contributed by atoms with Crippen LogP contribution in [0.4, 0.5) is 5.82 Å². The third kappa shape index (κ3) is 7.93. The molecule has 1 aromatic heterocycles. The largest absolute Gasteiger partial charge is 0.356 e. The third-order valence-electron chi connectivity index (χ3n) is 5.03. The van der Waals surface area contributed by atoms with Gasteiger partial charge < -0.3 is 15.5 Å². The molecular formula is C21H31IN6O2S. The zero-order chi connectivity index (χ0) is 21.2. The fourth-order valence-corrected chi connectivity index (χ4v) is 4.69. The molecule has 0 radical (unpaired) electrons. The zero-order valence-corrected chi connectivity index (χ0v) is 20.9. The number of anilines is 1. The predicted molar refractivity (Wildman–Crippen MR) is 137 cm³/mol. The maximum absolute atomic E-state index is 12.7. The van der Waals surface area contributed by atoms with Crippen molar-refractivity contribution in [1.82, 2.24) is 19.9 Å². The number of pyridine rings is 1. The second-order valence-electron chi connectivity index (χ2n) is 7.05. The molecule has 170 valence electrons. The van der Waals surface area contributed by atoms with Crippen molar-refractivity contribution in [3.8, 4) is 0 Å². The first-order valence-electron chi connectivity index (χ1n) is 10.2. The van der Waals surface area contributed by atoms with Crippen LogP contribution < -0.4 is 15.5 Å². The average molecular weight is 558 g/mol. The lowest BCUT2D eigenvalue weighted by Gasteiger charge is -2.34. The summed E-state index contributed by atoms with van der Waals surface area (Å²) >= 11 is 0. The van der Waals surface area contributed by atoms with E-state index in [-0.39, 0.29) is 29.7 Å². The molecular weight excluding hydrogens is 527 g/mol. The van der Waals surface area contributed by atoms with Gasteiger partial charge in [0.1, 0.15) is 5.82 Å². The van der Waals surface area contributed by atoms with Crippen molar-refractivity contribution < 1.29 is 8.42 Å². The lowest BCUT2D eigenvalue weighted by Crippen LogP contribution is -2.50. The van der Waals surface area contributed by atoms with Crippen molar-refractivity contribution in [2.24, 2.45) is 4.99 Å². The lowest BCUT2D eigenvalue weighted by atomic mass is 10.1. The van der Waals surface area contributed by atoms with Gasteiger partial charge in [-0.25, -0.2) is 13.4 Å². The number of sulfonamides is 1. The summed E-state index contributed by atoms with van der Waals surface area (Å²) in [7, 11) is -1.63. The molecule has 0 spiro atoms. The maximum Gasteiger partial charge on any atom is 0.215 e. The summed E-state index contributed by atoms with van der Waals surface area (Å²) in [6.45, 7) is 3.28. The Balaban J connectivity index is 0.00000341. The van der Waals surface area contributed by atoms with Crippen molar-refractivity contribution >= 4 is 45.8 Å². The predicted octanol–water partition coefficient (Wildman–Crippen LogP) is 1.56. The summed E-state index contributed by atoms with van der Waals surface area (Å²) in [5.74, 6) is 1.54. The molecule has 0 atom stereocenters. The Labute approximate surface area is 202 Å². The van der Waals surface area contributed by atoms with Crippen molar-refractivity contribution in [3.63, 3.8) is 0 Å². The van der Waals surface area contributed by atoms with Gasteiger partial charge in [-0.15, -0.1) is 24.0 Å². The highest BCUT2D eigenvalue weighted by atomic mass is 127. The van der Waals surface area contributed by atoms with Crippen LogP contribution in [0.25, 0.3) is 0 Å². The van der Waals surface area contributed by atoms with Crippen LogP contribution in [0, 0.1) is 0 Å². The van der Waals surface area contributed by atoms with Crippen LogP contribution in [-0.2, 0) is 16.4 Å². The van der Waals surface area contributed by atoms with E-state index in [1.54, 1.807) is 17.5 Å². The van der Waals surface area contributed by atoms with Crippen molar-refractivity contribution in [3.05, 3.63) is 60.3 Å². The van der Waals surface area contributed by atoms with Gasteiger partial charge >= 0.3 is 0 Å². The molecule has 0 saturated carbocycles. The molecule has 1 aliphatic heterocycles. The molecule has 1 fully saturated rings. The van der Waals surface area contributed by atoms with Crippen LogP contribution in [0.2, 0.25) is 0 Å². The van der Waals surface area contributed by atoms with Gasteiger partial charge in [0.25, 0.3) is 0 Å². The fraction of sp³-hybridized carbons (Fsp3) is 0.429. The molecule has 31 heavy (non-hydrogen) atoms. The van der Waals surface area contributed by atoms with Crippen LogP contribution in [0.3, 0.4) is 0 Å². The summed E-state index contributed by atoms with van der Waals surface area (Å²) in [6, 6.07) is 16.0. The van der Waals surface area contributed by atoms with Gasteiger partial charge in [-0.1, -0.05) is 36.4 Å². The van der Waals surface area contributed by atoms with E-state index in [0.717, 1.165) is 18.8 Å². The Hall–Kier alpha value is -1.92. The number of aromatic nitrogens is 1. The smallest absolute Gasteiger partial charge is 0.215 e. The standard InChI is InChI=1S/C21H30N6O2S.HI/c1-22-21(24-12-10-19-7-3-2-4-8-19)25-13-18-30(28,29)27-16-14-26(15-17-27)20-9-5-6-11-23-20;/h2-9,11H,10,12-18H2,1H3,(H2,22,24,25);1H. The SMILES string of the molecule is CN=C(NCCc1ccccc1)NCCS(=O)(=O)N1CCN(c2ccccn2)CC1.I. The minimum atomic E-state index is -3.32. The van der Waals surface area contributed by atoms with Gasteiger partial charge in [0.2, 0.25) is 10.0 Å². The van der Waals surface area contributed by atoms with Gasteiger partial charge in [-0.05, 0) is 24.1 Å². The molecule has 0 amide bonds. The quantitative estimate of drug-likeness (QED) is 0.291. The number of aliphatic imine (C=N–C) groups is 1. The first kappa shape index (κ1) is 25.3. The average Bonchev–Trinajstić information content (AvgIpc) is 2.79. The van der Waals surface area contributed by atoms with Crippen molar-refractivity contribution in [2.45, 2.75) is 6.42 Å². The minimum Gasteiger partial charge on any atom is -0.356 e. The first-order valence-corrected chi connectivity index (χ1v) is 11.8. The Kier molecular flexibility index (Phi) is 10.5. The van der Waals surface area contributed by atoms with Crippen LogP contribution in [0.1, 0.15) is 5.56 Å². The van der Waals surface area contributed by atoms with Gasteiger partial charge in [-0.2, -0.15) is 4.31 Å². The summed E-state index contributed by atoms with van der Waals surface area (Å²) < 4.78 is 26.9.